The summed E-state index contributed by atoms with van der Waals surface area (Å²) in [7, 11) is 1.71. The summed E-state index contributed by atoms with van der Waals surface area (Å²) in [5, 5.41) is 0. The van der Waals surface area contributed by atoms with Crippen LogP contribution in [-0.2, 0) is 6.54 Å². The average Bonchev–Trinajstić information content (AvgIpc) is 2.37. The van der Waals surface area contributed by atoms with E-state index in [-0.39, 0.29) is 0 Å². The molecule has 1 saturated carbocycles. The Morgan fingerprint density at radius 1 is 1.39 bits per heavy atom. The van der Waals surface area contributed by atoms with Gasteiger partial charge in [0, 0.05) is 31.4 Å². The predicted molar refractivity (Wildman–Crippen MR) is 76.1 cm³/mol. The van der Waals surface area contributed by atoms with Gasteiger partial charge in [-0.15, -0.1) is 0 Å². The van der Waals surface area contributed by atoms with Gasteiger partial charge in [-0.05, 0) is 37.3 Å². The first-order valence-corrected chi connectivity index (χ1v) is 6.90. The van der Waals surface area contributed by atoms with Crippen LogP contribution in [0.1, 0.15) is 31.7 Å². The molecule has 0 radical (unpaired) electrons. The van der Waals surface area contributed by atoms with Crippen molar-refractivity contribution in [2.45, 2.75) is 32.7 Å². The first-order valence-electron chi connectivity index (χ1n) is 6.90. The first-order chi connectivity index (χ1) is 8.78. The lowest BCUT2D eigenvalue weighted by atomic mass is 9.85. The molecule has 1 fully saturated rings. The van der Waals surface area contributed by atoms with Crippen LogP contribution in [0.3, 0.4) is 0 Å². The van der Waals surface area contributed by atoms with Gasteiger partial charge in [0.2, 0.25) is 0 Å². The van der Waals surface area contributed by atoms with Crippen LogP contribution in [0.4, 0.5) is 5.69 Å². The third kappa shape index (κ3) is 2.78. The van der Waals surface area contributed by atoms with E-state index in [2.05, 4.69) is 24.0 Å². The van der Waals surface area contributed by atoms with E-state index in [1.807, 2.05) is 6.07 Å². The second-order valence-electron chi connectivity index (χ2n) is 5.03. The number of rotatable bonds is 6. The lowest BCUT2D eigenvalue weighted by Crippen LogP contribution is -2.33. The van der Waals surface area contributed by atoms with E-state index in [0.29, 0.717) is 6.54 Å². The fourth-order valence-corrected chi connectivity index (χ4v) is 2.52. The Labute approximate surface area is 110 Å². The number of benzene rings is 1. The molecule has 3 heteroatoms. The quantitative estimate of drug-likeness (QED) is 0.841. The summed E-state index contributed by atoms with van der Waals surface area (Å²) >= 11 is 0. The van der Waals surface area contributed by atoms with E-state index in [0.717, 1.165) is 24.8 Å². The molecule has 18 heavy (non-hydrogen) atoms. The van der Waals surface area contributed by atoms with Crippen LogP contribution in [-0.4, -0.2) is 20.2 Å². The number of methoxy groups -OCH3 is 1. The highest BCUT2D eigenvalue weighted by Crippen LogP contribution is 2.31. The fraction of sp³-hybridized carbons (Fsp3) is 0.600. The third-order valence-corrected chi connectivity index (χ3v) is 3.94. The Morgan fingerprint density at radius 3 is 2.67 bits per heavy atom. The molecule has 1 aromatic carbocycles. The minimum atomic E-state index is 0.584. The highest BCUT2D eigenvalue weighted by Gasteiger charge is 2.21. The van der Waals surface area contributed by atoms with Gasteiger partial charge < -0.3 is 15.4 Å². The summed E-state index contributed by atoms with van der Waals surface area (Å²) in [6, 6.07) is 6.19. The largest absolute Gasteiger partial charge is 0.497 e. The molecule has 0 bridgehead atoms. The summed E-state index contributed by atoms with van der Waals surface area (Å²) in [5.41, 5.74) is 8.29. The Morgan fingerprint density at radius 2 is 2.17 bits per heavy atom. The maximum atomic E-state index is 5.84. The molecule has 1 aliphatic rings. The molecule has 0 heterocycles. The summed E-state index contributed by atoms with van der Waals surface area (Å²) in [6.07, 6.45) is 4.14. The molecule has 0 aliphatic heterocycles. The Hall–Kier alpha value is -1.22. The molecule has 1 aromatic rings. The monoisotopic (exact) mass is 248 g/mol. The molecule has 2 rings (SSSR count). The Kier molecular flexibility index (Phi) is 4.48. The molecule has 2 N–H and O–H groups in total. The lowest BCUT2D eigenvalue weighted by Gasteiger charge is -2.34. The lowest BCUT2D eigenvalue weighted by molar-refractivity contribution is 0.318. The Balaban J connectivity index is 2.20. The zero-order valence-electron chi connectivity index (χ0n) is 11.5. The highest BCUT2D eigenvalue weighted by atomic mass is 16.5. The van der Waals surface area contributed by atoms with Gasteiger partial charge in [0.15, 0.2) is 0 Å². The molecule has 3 nitrogen and oxygen atoms in total. The van der Waals surface area contributed by atoms with Crippen molar-refractivity contribution in [3.8, 4) is 5.75 Å². The normalized spacial score (nSPS) is 15.3. The van der Waals surface area contributed by atoms with Crippen molar-refractivity contribution in [2.24, 2.45) is 11.7 Å². The first kappa shape index (κ1) is 13.2. The number of nitrogens with two attached hydrogens (primary N) is 1. The van der Waals surface area contributed by atoms with Gasteiger partial charge in [-0.1, -0.05) is 12.5 Å². The second kappa shape index (κ2) is 6.10. The molecule has 0 aromatic heterocycles. The van der Waals surface area contributed by atoms with Crippen molar-refractivity contribution in [1.82, 2.24) is 0 Å². The van der Waals surface area contributed by atoms with Gasteiger partial charge in [0.05, 0.1) is 7.11 Å². The van der Waals surface area contributed by atoms with E-state index in [1.165, 1.54) is 30.5 Å². The number of hydrogen-bond acceptors (Lipinski definition) is 3. The van der Waals surface area contributed by atoms with E-state index in [9.17, 15) is 0 Å². The van der Waals surface area contributed by atoms with Crippen LogP contribution in [0.25, 0.3) is 0 Å². The Bertz CT molecular complexity index is 388. The van der Waals surface area contributed by atoms with Gasteiger partial charge in [-0.25, -0.2) is 0 Å². The summed E-state index contributed by atoms with van der Waals surface area (Å²) in [4.78, 5) is 2.44. The SMILES string of the molecule is CCN(CC1CCC1)c1cc(OC)ccc1CN. The van der Waals surface area contributed by atoms with Gasteiger partial charge in [-0.2, -0.15) is 0 Å². The number of anilines is 1. The van der Waals surface area contributed by atoms with E-state index < -0.39 is 0 Å². The number of ether oxygens (including phenoxy) is 1. The maximum Gasteiger partial charge on any atom is 0.120 e. The minimum absolute atomic E-state index is 0.584. The zero-order chi connectivity index (χ0) is 13.0. The van der Waals surface area contributed by atoms with E-state index >= 15 is 0 Å². The number of hydrogen-bond donors (Lipinski definition) is 1. The minimum Gasteiger partial charge on any atom is -0.497 e. The fourth-order valence-electron chi connectivity index (χ4n) is 2.52. The predicted octanol–water partition coefficient (Wildman–Crippen LogP) is 2.78. The van der Waals surface area contributed by atoms with Gasteiger partial charge >= 0.3 is 0 Å². The molecule has 1 aliphatic carbocycles. The van der Waals surface area contributed by atoms with Crippen molar-refractivity contribution in [3.63, 3.8) is 0 Å². The average molecular weight is 248 g/mol. The van der Waals surface area contributed by atoms with Gasteiger partial charge in [-0.3, -0.25) is 0 Å². The maximum absolute atomic E-state index is 5.84. The third-order valence-electron chi connectivity index (χ3n) is 3.94. The van der Waals surface area contributed by atoms with Crippen LogP contribution >= 0.6 is 0 Å². The molecule has 100 valence electrons. The van der Waals surface area contributed by atoms with E-state index in [1.54, 1.807) is 7.11 Å². The van der Waals surface area contributed by atoms with Crippen LogP contribution in [0, 0.1) is 5.92 Å². The molecule has 0 amide bonds. The smallest absolute Gasteiger partial charge is 0.120 e. The van der Waals surface area contributed by atoms with Crippen molar-refractivity contribution >= 4 is 5.69 Å². The van der Waals surface area contributed by atoms with Crippen molar-refractivity contribution < 1.29 is 4.74 Å². The van der Waals surface area contributed by atoms with Crippen LogP contribution < -0.4 is 15.4 Å². The summed E-state index contributed by atoms with van der Waals surface area (Å²) in [6.45, 7) is 4.96. The van der Waals surface area contributed by atoms with Gasteiger partial charge in [0.25, 0.3) is 0 Å². The molecule has 0 saturated heterocycles. The highest BCUT2D eigenvalue weighted by molar-refractivity contribution is 5.57. The standard InChI is InChI=1S/C15H24N2O/c1-3-17(11-12-5-4-6-12)15-9-14(18-2)8-7-13(15)10-16/h7-9,12H,3-6,10-11,16H2,1-2H3. The summed E-state index contributed by atoms with van der Waals surface area (Å²) < 4.78 is 5.33. The zero-order valence-corrected chi connectivity index (χ0v) is 11.5. The van der Waals surface area contributed by atoms with Crippen LogP contribution in [0.15, 0.2) is 18.2 Å². The molecular formula is C15H24N2O. The number of nitrogens with zero attached hydrogens (tertiary/aromatic N) is 1. The van der Waals surface area contributed by atoms with Crippen molar-refractivity contribution in [1.29, 1.82) is 0 Å². The second-order valence-corrected chi connectivity index (χ2v) is 5.03. The van der Waals surface area contributed by atoms with E-state index in [4.69, 9.17) is 10.5 Å². The van der Waals surface area contributed by atoms with Crippen molar-refractivity contribution in [3.05, 3.63) is 23.8 Å². The molecular weight excluding hydrogens is 224 g/mol. The van der Waals surface area contributed by atoms with Crippen LogP contribution in [0.5, 0.6) is 5.75 Å². The summed E-state index contributed by atoms with van der Waals surface area (Å²) in [5.74, 6) is 1.77. The molecule has 0 unspecified atom stereocenters. The molecule has 0 atom stereocenters. The van der Waals surface area contributed by atoms with Gasteiger partial charge in [0.1, 0.15) is 5.75 Å². The van der Waals surface area contributed by atoms with Crippen molar-refractivity contribution in [2.75, 3.05) is 25.1 Å². The molecule has 0 spiro atoms. The topological polar surface area (TPSA) is 38.5 Å². The van der Waals surface area contributed by atoms with Crippen LogP contribution in [0.2, 0.25) is 0 Å².